The van der Waals surface area contributed by atoms with Crippen LogP contribution in [0.4, 0.5) is 0 Å². The number of nitrogens with zero attached hydrogens (tertiary/aromatic N) is 2. The van der Waals surface area contributed by atoms with Crippen molar-refractivity contribution in [3.8, 4) is 0 Å². The van der Waals surface area contributed by atoms with Crippen molar-refractivity contribution in [2.24, 2.45) is 11.8 Å². The van der Waals surface area contributed by atoms with Gasteiger partial charge in [0.25, 0.3) is 0 Å². The molecule has 0 saturated carbocycles. The highest BCUT2D eigenvalue weighted by molar-refractivity contribution is 5.85. The third-order valence-corrected chi connectivity index (χ3v) is 5.08. The van der Waals surface area contributed by atoms with Crippen molar-refractivity contribution in [1.29, 1.82) is 0 Å². The summed E-state index contributed by atoms with van der Waals surface area (Å²) in [5, 5.41) is 3.41. The fraction of sp³-hybridized carbons (Fsp3) is 0.529. The van der Waals surface area contributed by atoms with E-state index in [1.807, 2.05) is 17.0 Å². The number of H-pyrrole nitrogens is 1. The first-order chi connectivity index (χ1) is 10.7. The van der Waals surface area contributed by atoms with E-state index >= 15 is 0 Å². The lowest BCUT2D eigenvalue weighted by atomic mass is 10.0. The third-order valence-electron chi connectivity index (χ3n) is 5.08. The number of rotatable bonds is 3. The second kappa shape index (κ2) is 7.72. The summed E-state index contributed by atoms with van der Waals surface area (Å²) in [5.74, 6) is 2.51. The molecule has 1 amide bonds. The predicted molar refractivity (Wildman–Crippen MR) is 100 cm³/mol. The van der Waals surface area contributed by atoms with Crippen molar-refractivity contribution in [3.05, 3.63) is 29.6 Å². The molecule has 2 atom stereocenters. The number of aromatic nitrogens is 2. The smallest absolute Gasteiger partial charge is 0.223 e. The fourth-order valence-corrected chi connectivity index (χ4v) is 3.79. The number of fused-ring (bicyclic) bond motifs is 2. The van der Waals surface area contributed by atoms with Crippen molar-refractivity contribution in [2.75, 3.05) is 26.2 Å². The molecule has 5 nitrogen and oxygen atoms in total. The maximum Gasteiger partial charge on any atom is 0.223 e. The van der Waals surface area contributed by atoms with Gasteiger partial charge in [0.2, 0.25) is 5.91 Å². The molecule has 0 unspecified atom stereocenters. The van der Waals surface area contributed by atoms with E-state index in [-0.39, 0.29) is 30.7 Å². The molecule has 0 aliphatic carbocycles. The van der Waals surface area contributed by atoms with Crippen LogP contribution in [0.2, 0.25) is 0 Å². The van der Waals surface area contributed by atoms with Crippen LogP contribution in [0.15, 0.2) is 18.2 Å². The van der Waals surface area contributed by atoms with Gasteiger partial charge in [-0.3, -0.25) is 4.79 Å². The molecule has 2 aromatic rings. The standard InChI is InChI=1S/C17H22N4O.2ClH/c1-11-3-2-4-14-17(11)20-15(19-14)5-6-16(22)21-9-12-7-18-8-13(12)10-21;;/h2-4,12-13,18H,5-10H2,1H3,(H,19,20);2*1H/t12-,13+;;. The van der Waals surface area contributed by atoms with Crippen LogP contribution in [-0.2, 0) is 11.2 Å². The Morgan fingerprint density at radius 2 is 1.96 bits per heavy atom. The molecule has 4 rings (SSSR count). The SMILES string of the molecule is Cc1cccc2[nH]c(CCC(=O)N3C[C@H]4CNC[C@H]4C3)nc12.Cl.Cl. The number of benzene rings is 1. The topological polar surface area (TPSA) is 61.0 Å². The average Bonchev–Trinajstić information content (AvgIpc) is 3.18. The zero-order chi connectivity index (χ0) is 15.1. The van der Waals surface area contributed by atoms with E-state index in [4.69, 9.17) is 0 Å². The van der Waals surface area contributed by atoms with Crippen LogP contribution in [0, 0.1) is 18.8 Å². The summed E-state index contributed by atoms with van der Waals surface area (Å²) >= 11 is 0. The van der Waals surface area contributed by atoms with Crippen molar-refractivity contribution < 1.29 is 4.79 Å². The highest BCUT2D eigenvalue weighted by Gasteiger charge is 2.37. The molecule has 2 aliphatic rings. The van der Waals surface area contributed by atoms with Crippen LogP contribution >= 0.6 is 24.8 Å². The largest absolute Gasteiger partial charge is 0.342 e. The van der Waals surface area contributed by atoms with Gasteiger partial charge in [-0.15, -0.1) is 24.8 Å². The van der Waals surface area contributed by atoms with Crippen molar-refractivity contribution in [2.45, 2.75) is 19.8 Å². The van der Waals surface area contributed by atoms with Crippen molar-refractivity contribution in [1.82, 2.24) is 20.2 Å². The summed E-state index contributed by atoms with van der Waals surface area (Å²) in [4.78, 5) is 22.4. The van der Waals surface area contributed by atoms with Gasteiger partial charge in [-0.05, 0) is 30.4 Å². The second-order valence-corrected chi connectivity index (χ2v) is 6.63. The number of amides is 1. The molecule has 3 heterocycles. The van der Waals surface area contributed by atoms with Gasteiger partial charge in [-0.1, -0.05) is 12.1 Å². The van der Waals surface area contributed by atoms with Crippen LogP contribution < -0.4 is 5.32 Å². The lowest BCUT2D eigenvalue weighted by Gasteiger charge is -2.17. The predicted octanol–water partition coefficient (Wildman–Crippen LogP) is 2.33. The highest BCUT2D eigenvalue weighted by Crippen LogP contribution is 2.26. The molecule has 0 bridgehead atoms. The molecule has 0 spiro atoms. The number of hydrogen-bond donors (Lipinski definition) is 2. The Labute approximate surface area is 154 Å². The number of halogens is 2. The van der Waals surface area contributed by atoms with E-state index in [1.54, 1.807) is 0 Å². The van der Waals surface area contributed by atoms with E-state index in [1.165, 1.54) is 5.56 Å². The van der Waals surface area contributed by atoms with Gasteiger partial charge in [0, 0.05) is 39.0 Å². The van der Waals surface area contributed by atoms with E-state index < -0.39 is 0 Å². The Kier molecular flexibility index (Phi) is 6.12. The summed E-state index contributed by atoms with van der Waals surface area (Å²) in [7, 11) is 0. The van der Waals surface area contributed by atoms with Gasteiger partial charge in [0.15, 0.2) is 0 Å². The van der Waals surface area contributed by atoms with Crippen LogP contribution in [-0.4, -0.2) is 47.0 Å². The monoisotopic (exact) mass is 370 g/mol. The molecular formula is C17H24Cl2N4O. The summed E-state index contributed by atoms with van der Waals surface area (Å²) in [6.45, 7) is 6.05. The molecule has 0 radical (unpaired) electrons. The summed E-state index contributed by atoms with van der Waals surface area (Å²) in [6.07, 6.45) is 1.24. The number of aromatic amines is 1. The molecule has 2 saturated heterocycles. The minimum absolute atomic E-state index is 0. The Morgan fingerprint density at radius 3 is 2.62 bits per heavy atom. The third kappa shape index (κ3) is 3.53. The second-order valence-electron chi connectivity index (χ2n) is 6.63. The zero-order valence-electron chi connectivity index (χ0n) is 13.7. The quantitative estimate of drug-likeness (QED) is 0.871. The first-order valence-electron chi connectivity index (χ1n) is 8.13. The Morgan fingerprint density at radius 1 is 1.25 bits per heavy atom. The maximum atomic E-state index is 12.4. The first-order valence-corrected chi connectivity index (χ1v) is 8.13. The number of likely N-dealkylation sites (tertiary alicyclic amines) is 1. The Bertz CT molecular complexity index is 706. The maximum absolute atomic E-state index is 12.4. The molecule has 24 heavy (non-hydrogen) atoms. The Hall–Kier alpha value is -1.30. The summed E-state index contributed by atoms with van der Waals surface area (Å²) in [6, 6.07) is 6.13. The van der Waals surface area contributed by atoms with Crippen molar-refractivity contribution in [3.63, 3.8) is 0 Å². The van der Waals surface area contributed by atoms with E-state index in [0.29, 0.717) is 24.7 Å². The van der Waals surface area contributed by atoms with Crippen molar-refractivity contribution >= 4 is 41.8 Å². The van der Waals surface area contributed by atoms with Crippen LogP contribution in [0.3, 0.4) is 0 Å². The Balaban J connectivity index is 0.00000104. The zero-order valence-corrected chi connectivity index (χ0v) is 15.4. The highest BCUT2D eigenvalue weighted by atomic mass is 35.5. The normalized spacial score (nSPS) is 22.1. The minimum Gasteiger partial charge on any atom is -0.342 e. The van der Waals surface area contributed by atoms with Gasteiger partial charge >= 0.3 is 0 Å². The van der Waals surface area contributed by atoms with Crippen LogP contribution in [0.1, 0.15) is 17.8 Å². The van der Waals surface area contributed by atoms with E-state index in [0.717, 1.165) is 43.0 Å². The van der Waals surface area contributed by atoms with Crippen LogP contribution in [0.5, 0.6) is 0 Å². The number of hydrogen-bond acceptors (Lipinski definition) is 3. The number of carbonyl (C=O) groups is 1. The molecule has 132 valence electrons. The van der Waals surface area contributed by atoms with E-state index in [9.17, 15) is 4.79 Å². The van der Waals surface area contributed by atoms with Gasteiger partial charge < -0.3 is 15.2 Å². The number of para-hydroxylation sites is 1. The molecular weight excluding hydrogens is 347 g/mol. The number of aryl methyl sites for hydroxylation is 2. The number of imidazole rings is 1. The molecule has 2 fully saturated rings. The molecule has 1 aromatic heterocycles. The van der Waals surface area contributed by atoms with Crippen LogP contribution in [0.25, 0.3) is 11.0 Å². The molecule has 1 aromatic carbocycles. The minimum atomic E-state index is 0. The fourth-order valence-electron chi connectivity index (χ4n) is 3.79. The van der Waals surface area contributed by atoms with Gasteiger partial charge in [0.05, 0.1) is 11.0 Å². The molecule has 7 heteroatoms. The average molecular weight is 371 g/mol. The number of carbonyl (C=O) groups excluding carboxylic acids is 1. The molecule has 2 N–H and O–H groups in total. The first kappa shape index (κ1) is 19.0. The lowest BCUT2D eigenvalue weighted by Crippen LogP contribution is -2.32. The lowest BCUT2D eigenvalue weighted by molar-refractivity contribution is -0.130. The number of nitrogens with one attached hydrogen (secondary N) is 2. The molecule has 2 aliphatic heterocycles. The summed E-state index contributed by atoms with van der Waals surface area (Å²) < 4.78 is 0. The van der Waals surface area contributed by atoms with Gasteiger partial charge in [-0.2, -0.15) is 0 Å². The van der Waals surface area contributed by atoms with Gasteiger partial charge in [0.1, 0.15) is 5.82 Å². The summed E-state index contributed by atoms with van der Waals surface area (Å²) in [5.41, 5.74) is 3.25. The van der Waals surface area contributed by atoms with Gasteiger partial charge in [-0.25, -0.2) is 4.98 Å². The van der Waals surface area contributed by atoms with E-state index in [2.05, 4.69) is 28.3 Å².